The van der Waals surface area contributed by atoms with Gasteiger partial charge < -0.3 is 4.74 Å². The van der Waals surface area contributed by atoms with E-state index in [1.165, 1.54) is 47.1 Å². The van der Waals surface area contributed by atoms with E-state index >= 15 is 0 Å². The minimum absolute atomic E-state index is 0.290. The van der Waals surface area contributed by atoms with Crippen molar-refractivity contribution in [3.05, 3.63) is 65.0 Å². The average Bonchev–Trinajstić information content (AvgIpc) is 2.66. The summed E-state index contributed by atoms with van der Waals surface area (Å²) in [7, 11) is 1.02. The molecular weight excluding hydrogens is 397 g/mol. The summed E-state index contributed by atoms with van der Waals surface area (Å²) >= 11 is 0. The zero-order valence-corrected chi connectivity index (χ0v) is 19.3. The summed E-state index contributed by atoms with van der Waals surface area (Å²) in [5.41, 5.74) is 1.50. The Hall–Kier alpha value is -1.87. The molecule has 2 aromatic carbocycles. The largest absolute Gasteiger partial charge is 0.423 e. The molecule has 28 heavy (non-hydrogen) atoms. The Bertz CT molecular complexity index is 809. The van der Waals surface area contributed by atoms with Gasteiger partial charge in [-0.25, -0.2) is 18.0 Å². The molecule has 0 aromatic heterocycles. The highest BCUT2D eigenvalue weighted by atomic mass is 29.1. The molecule has 0 heterocycles. The van der Waals surface area contributed by atoms with Crippen LogP contribution in [-0.4, -0.2) is 24.0 Å². The molecule has 0 amide bonds. The van der Waals surface area contributed by atoms with Gasteiger partial charge in [0.05, 0.1) is 5.56 Å². The Morgan fingerprint density at radius 2 is 1.64 bits per heavy atom. The minimum Gasteiger partial charge on any atom is -0.423 e. The second kappa shape index (κ2) is 9.09. The second-order valence-electron chi connectivity index (χ2n) is 8.06. The predicted octanol–water partition coefficient (Wildman–Crippen LogP) is 4.32. The van der Waals surface area contributed by atoms with Gasteiger partial charge in [0, 0.05) is 20.4 Å². The number of benzene rings is 2. The first-order valence-electron chi connectivity index (χ1n) is 9.80. The SMILES string of the molecule is C[SiH]([SiH3])CC1CCC(c2ccc(C(=O)Oc3cc(F)c(F)c(F)c3)cc2)CC1. The zero-order chi connectivity index (χ0) is 20.3. The zero-order valence-electron chi connectivity index (χ0n) is 16.2. The van der Waals surface area contributed by atoms with Gasteiger partial charge in [0.1, 0.15) is 5.75 Å². The topological polar surface area (TPSA) is 26.3 Å². The molecule has 0 bridgehead atoms. The number of hydrogen-bond acceptors (Lipinski definition) is 2. The van der Waals surface area contributed by atoms with E-state index in [1.54, 1.807) is 12.1 Å². The van der Waals surface area contributed by atoms with Crippen LogP contribution in [0.1, 0.15) is 47.5 Å². The van der Waals surface area contributed by atoms with E-state index in [0.717, 1.165) is 5.92 Å². The van der Waals surface area contributed by atoms with E-state index in [9.17, 15) is 18.0 Å². The van der Waals surface area contributed by atoms with E-state index in [0.29, 0.717) is 23.6 Å². The van der Waals surface area contributed by atoms with Crippen LogP contribution in [0.5, 0.6) is 5.75 Å². The third kappa shape index (κ3) is 5.14. The highest BCUT2D eigenvalue weighted by Crippen LogP contribution is 2.37. The van der Waals surface area contributed by atoms with Gasteiger partial charge in [0.2, 0.25) is 0 Å². The molecule has 1 aliphatic rings. The molecule has 0 aliphatic heterocycles. The van der Waals surface area contributed by atoms with Gasteiger partial charge in [-0.15, -0.1) is 0 Å². The summed E-state index contributed by atoms with van der Waals surface area (Å²) in [5.74, 6) is -4.04. The van der Waals surface area contributed by atoms with Crippen molar-refractivity contribution in [1.82, 2.24) is 0 Å². The van der Waals surface area contributed by atoms with Crippen LogP contribution in [0.4, 0.5) is 13.2 Å². The van der Waals surface area contributed by atoms with Crippen molar-refractivity contribution in [2.45, 2.75) is 44.2 Å². The fourth-order valence-corrected chi connectivity index (χ4v) is 7.85. The summed E-state index contributed by atoms with van der Waals surface area (Å²) in [5, 5.41) is 0. The Morgan fingerprint density at radius 3 is 2.18 bits per heavy atom. The van der Waals surface area contributed by atoms with E-state index in [-0.39, 0.29) is 14.1 Å². The fourth-order valence-electron chi connectivity index (χ4n) is 4.05. The monoisotopic (exact) mass is 422 g/mol. The van der Waals surface area contributed by atoms with Gasteiger partial charge in [-0.1, -0.05) is 37.6 Å². The first-order chi connectivity index (χ1) is 13.3. The number of halogens is 3. The smallest absolute Gasteiger partial charge is 0.343 e. The first kappa shape index (κ1) is 20.9. The normalized spacial score (nSPS) is 20.7. The maximum atomic E-state index is 13.2. The molecule has 2 aromatic rings. The highest BCUT2D eigenvalue weighted by Gasteiger charge is 2.23. The summed E-state index contributed by atoms with van der Waals surface area (Å²) in [6.07, 6.45) is 4.95. The number of esters is 1. The number of rotatable bonds is 5. The van der Waals surface area contributed by atoms with E-state index in [1.807, 2.05) is 12.1 Å². The third-order valence-electron chi connectivity index (χ3n) is 5.44. The maximum absolute atomic E-state index is 13.2. The van der Waals surface area contributed by atoms with Crippen molar-refractivity contribution < 1.29 is 22.7 Å². The lowest BCUT2D eigenvalue weighted by Crippen LogP contribution is -2.19. The number of carbonyl (C=O) groups excluding carboxylic acids is 1. The van der Waals surface area contributed by atoms with Gasteiger partial charge in [0.15, 0.2) is 17.5 Å². The Morgan fingerprint density at radius 1 is 1.07 bits per heavy atom. The lowest BCUT2D eigenvalue weighted by Gasteiger charge is -2.29. The van der Waals surface area contributed by atoms with Crippen LogP contribution < -0.4 is 4.74 Å². The summed E-state index contributed by atoms with van der Waals surface area (Å²) in [6, 6.07) is 10.00. The Kier molecular flexibility index (Phi) is 6.77. The molecule has 0 spiro atoms. The van der Waals surface area contributed by atoms with E-state index in [2.05, 4.69) is 6.55 Å². The number of ether oxygens (including phenoxy) is 1. The summed E-state index contributed by atoms with van der Waals surface area (Å²) < 4.78 is 44.5. The van der Waals surface area contributed by atoms with Crippen molar-refractivity contribution in [3.8, 4) is 5.75 Å². The molecule has 150 valence electrons. The summed E-state index contributed by atoms with van der Waals surface area (Å²) in [4.78, 5) is 12.2. The van der Waals surface area contributed by atoms with Crippen LogP contribution in [0.3, 0.4) is 0 Å². The maximum Gasteiger partial charge on any atom is 0.343 e. The molecule has 3 rings (SSSR count). The Labute approximate surface area is 167 Å². The highest BCUT2D eigenvalue weighted by molar-refractivity contribution is 7.02. The molecule has 1 fully saturated rings. The third-order valence-corrected chi connectivity index (χ3v) is 8.46. The van der Waals surface area contributed by atoms with Crippen LogP contribution in [0.2, 0.25) is 12.6 Å². The average molecular weight is 423 g/mol. The van der Waals surface area contributed by atoms with Crippen LogP contribution in [0.25, 0.3) is 0 Å². The second-order valence-corrected chi connectivity index (χ2v) is 17.2. The molecule has 0 radical (unpaired) electrons. The van der Waals surface area contributed by atoms with Crippen LogP contribution in [0, 0.1) is 23.4 Å². The standard InChI is InChI=1S/C21H25F3O2Si2/c1-28(27)12-13-2-4-14(5-3-13)15-6-8-16(9-7-15)21(25)26-17-10-18(22)20(24)19(23)11-17/h6-11,13-14,28H,2-5,12H2,1,27H3. The van der Waals surface area contributed by atoms with Gasteiger partial charge in [-0.05, 0) is 52.1 Å². The lowest BCUT2D eigenvalue weighted by atomic mass is 9.79. The van der Waals surface area contributed by atoms with Crippen molar-refractivity contribution in [1.29, 1.82) is 0 Å². The van der Waals surface area contributed by atoms with Crippen LogP contribution in [-0.2, 0) is 0 Å². The quantitative estimate of drug-likeness (QED) is 0.311. The van der Waals surface area contributed by atoms with Gasteiger partial charge in [0.25, 0.3) is 0 Å². The first-order valence-corrected chi connectivity index (χ1v) is 16.4. The van der Waals surface area contributed by atoms with E-state index in [4.69, 9.17) is 4.74 Å². The molecule has 0 saturated heterocycles. The molecule has 0 N–H and O–H groups in total. The van der Waals surface area contributed by atoms with Crippen molar-refractivity contribution >= 4 is 24.0 Å². The summed E-state index contributed by atoms with van der Waals surface area (Å²) in [6.45, 7) is 2.46. The molecular formula is C21H25F3O2Si2. The predicted molar refractivity (Wildman–Crippen MR) is 110 cm³/mol. The van der Waals surface area contributed by atoms with E-state index < -0.39 is 23.4 Å². The molecule has 7 heteroatoms. The molecule has 1 atom stereocenters. The fraction of sp³-hybridized carbons (Fsp3) is 0.381. The van der Waals surface area contributed by atoms with Crippen LogP contribution >= 0.6 is 0 Å². The molecule has 1 aliphatic carbocycles. The molecule has 1 saturated carbocycles. The van der Waals surface area contributed by atoms with Gasteiger partial charge >= 0.3 is 5.97 Å². The van der Waals surface area contributed by atoms with Crippen LogP contribution in [0.15, 0.2) is 36.4 Å². The number of carbonyl (C=O) groups is 1. The molecule has 2 nitrogen and oxygen atoms in total. The van der Waals surface area contributed by atoms with Crippen molar-refractivity contribution in [2.24, 2.45) is 5.92 Å². The van der Waals surface area contributed by atoms with Gasteiger partial charge in [-0.3, -0.25) is 0 Å². The van der Waals surface area contributed by atoms with Crippen molar-refractivity contribution in [2.75, 3.05) is 0 Å². The lowest BCUT2D eigenvalue weighted by molar-refractivity contribution is 0.0733. The number of hydrogen-bond donors (Lipinski definition) is 0. The van der Waals surface area contributed by atoms with Crippen molar-refractivity contribution in [3.63, 3.8) is 0 Å². The Balaban J connectivity index is 1.61. The molecule has 1 unspecified atom stereocenters. The van der Waals surface area contributed by atoms with Gasteiger partial charge in [-0.2, -0.15) is 0 Å². The minimum atomic E-state index is -1.59.